The number of benzene rings is 3. The summed E-state index contributed by atoms with van der Waals surface area (Å²) in [6.07, 6.45) is 0. The van der Waals surface area contributed by atoms with Crippen LogP contribution in [0.5, 0.6) is 11.5 Å². The van der Waals surface area contributed by atoms with Crippen LogP contribution in [0.4, 0.5) is 10.1 Å². The lowest BCUT2D eigenvalue weighted by atomic mass is 9.94. The molecule has 6 nitrogen and oxygen atoms in total. The Bertz CT molecular complexity index is 1270. The lowest BCUT2D eigenvalue weighted by Gasteiger charge is -2.26. The Labute approximate surface area is 198 Å². The summed E-state index contributed by atoms with van der Waals surface area (Å²) < 4.78 is 25.8. The predicted octanol–water partition coefficient (Wildman–Crippen LogP) is 5.23. The van der Waals surface area contributed by atoms with Crippen molar-refractivity contribution < 1.29 is 28.6 Å². The number of aliphatic hydroxyl groups excluding tert-OH is 1. The van der Waals surface area contributed by atoms with Crippen molar-refractivity contribution in [2.45, 2.75) is 6.04 Å². The van der Waals surface area contributed by atoms with E-state index in [9.17, 15) is 19.1 Å². The molecule has 0 aliphatic carbocycles. The van der Waals surface area contributed by atoms with Crippen LogP contribution in [-0.2, 0) is 9.59 Å². The molecule has 0 radical (unpaired) electrons. The van der Waals surface area contributed by atoms with E-state index in [-0.39, 0.29) is 16.7 Å². The van der Waals surface area contributed by atoms with Gasteiger partial charge in [-0.25, -0.2) is 4.39 Å². The van der Waals surface area contributed by atoms with E-state index in [1.54, 1.807) is 48.5 Å². The second-order valence-corrected chi connectivity index (χ2v) is 8.09. The molecule has 1 fully saturated rings. The van der Waals surface area contributed by atoms with Crippen molar-refractivity contribution >= 4 is 39.1 Å². The number of halogens is 2. The first-order chi connectivity index (χ1) is 15.9. The van der Waals surface area contributed by atoms with E-state index in [4.69, 9.17) is 9.47 Å². The Morgan fingerprint density at radius 2 is 1.70 bits per heavy atom. The molecular formula is C25H19BrFNO5. The fraction of sp³-hybridized carbons (Fsp3) is 0.120. The van der Waals surface area contributed by atoms with Crippen LogP contribution >= 0.6 is 15.9 Å². The summed E-state index contributed by atoms with van der Waals surface area (Å²) in [5.74, 6) is -1.73. The maximum Gasteiger partial charge on any atom is 0.300 e. The number of hydrogen-bond acceptors (Lipinski definition) is 5. The minimum atomic E-state index is -1.17. The first-order valence-electron chi connectivity index (χ1n) is 9.90. The van der Waals surface area contributed by atoms with Crippen LogP contribution in [0.1, 0.15) is 17.2 Å². The minimum absolute atomic E-state index is 0.0849. The summed E-state index contributed by atoms with van der Waals surface area (Å²) in [6.45, 7) is 0. The number of nitrogens with zero attached hydrogens (tertiary/aromatic N) is 1. The molecule has 1 aliphatic rings. The maximum absolute atomic E-state index is 14.9. The normalized spacial score (nSPS) is 17.3. The smallest absolute Gasteiger partial charge is 0.300 e. The standard InChI is InChI=1S/C25H19BrFNO5/c1-32-16-10-8-15(9-11-16)28-22(17-5-3-4-6-19(17)27)21(24(30)25(28)31)23(29)14-7-12-20(33-2)18(26)13-14/h3-13,22,29H,1-2H3/b23-21+. The molecule has 3 aromatic carbocycles. The van der Waals surface area contributed by atoms with Crippen LogP contribution in [0.25, 0.3) is 5.76 Å². The van der Waals surface area contributed by atoms with E-state index in [1.807, 2.05) is 0 Å². The third kappa shape index (κ3) is 3.98. The maximum atomic E-state index is 14.9. The number of methoxy groups -OCH3 is 2. The zero-order chi connectivity index (χ0) is 23.7. The largest absolute Gasteiger partial charge is 0.507 e. The Kier molecular flexibility index (Phi) is 6.20. The Morgan fingerprint density at radius 1 is 1.00 bits per heavy atom. The van der Waals surface area contributed by atoms with Crippen molar-refractivity contribution in [1.29, 1.82) is 0 Å². The highest BCUT2D eigenvalue weighted by Crippen LogP contribution is 2.43. The first kappa shape index (κ1) is 22.5. The average molecular weight is 512 g/mol. The molecule has 0 saturated carbocycles. The summed E-state index contributed by atoms with van der Waals surface area (Å²) in [5.41, 5.74) is 0.512. The molecule has 33 heavy (non-hydrogen) atoms. The molecule has 1 amide bonds. The highest BCUT2D eigenvalue weighted by molar-refractivity contribution is 9.10. The molecule has 0 bridgehead atoms. The van der Waals surface area contributed by atoms with Gasteiger partial charge in [0, 0.05) is 16.8 Å². The molecule has 1 aliphatic heterocycles. The number of anilines is 1. The van der Waals surface area contributed by atoms with Gasteiger partial charge in [0.15, 0.2) is 0 Å². The lowest BCUT2D eigenvalue weighted by Crippen LogP contribution is -2.29. The number of rotatable bonds is 5. The van der Waals surface area contributed by atoms with Crippen LogP contribution in [0.3, 0.4) is 0 Å². The summed E-state index contributed by atoms with van der Waals surface area (Å²) in [4.78, 5) is 27.4. The van der Waals surface area contributed by atoms with E-state index in [1.165, 1.54) is 37.3 Å². The third-order valence-corrected chi connectivity index (χ3v) is 6.04. The quantitative estimate of drug-likeness (QED) is 0.288. The molecule has 3 aromatic rings. The van der Waals surface area contributed by atoms with Gasteiger partial charge in [-0.2, -0.15) is 0 Å². The average Bonchev–Trinajstić information content (AvgIpc) is 3.09. The predicted molar refractivity (Wildman–Crippen MR) is 125 cm³/mol. The summed E-state index contributed by atoms with van der Waals surface area (Å²) in [7, 11) is 3.01. The van der Waals surface area contributed by atoms with Crippen molar-refractivity contribution in [2.24, 2.45) is 0 Å². The summed E-state index contributed by atoms with van der Waals surface area (Å²) >= 11 is 3.35. The van der Waals surface area contributed by atoms with Crippen molar-refractivity contribution in [3.05, 3.63) is 93.7 Å². The van der Waals surface area contributed by atoms with Gasteiger partial charge in [-0.1, -0.05) is 18.2 Å². The molecule has 8 heteroatoms. The van der Waals surface area contributed by atoms with E-state index in [0.717, 1.165) is 0 Å². The number of ether oxygens (including phenoxy) is 2. The monoisotopic (exact) mass is 511 g/mol. The fourth-order valence-electron chi connectivity index (χ4n) is 3.80. The second-order valence-electron chi connectivity index (χ2n) is 7.24. The number of hydrogen-bond donors (Lipinski definition) is 1. The van der Waals surface area contributed by atoms with Crippen molar-refractivity contribution in [2.75, 3.05) is 19.1 Å². The molecule has 1 unspecified atom stereocenters. The Balaban J connectivity index is 1.94. The third-order valence-electron chi connectivity index (χ3n) is 5.42. The Morgan fingerprint density at radius 3 is 2.30 bits per heavy atom. The molecule has 1 saturated heterocycles. The van der Waals surface area contributed by atoms with Gasteiger partial charge in [0.2, 0.25) is 0 Å². The van der Waals surface area contributed by atoms with Crippen LogP contribution in [0.15, 0.2) is 76.8 Å². The van der Waals surface area contributed by atoms with Gasteiger partial charge in [-0.3, -0.25) is 14.5 Å². The van der Waals surface area contributed by atoms with Crippen molar-refractivity contribution in [3.8, 4) is 11.5 Å². The van der Waals surface area contributed by atoms with Crippen molar-refractivity contribution in [1.82, 2.24) is 0 Å². The minimum Gasteiger partial charge on any atom is -0.507 e. The molecular weight excluding hydrogens is 493 g/mol. The van der Waals surface area contributed by atoms with Gasteiger partial charge in [-0.05, 0) is 64.5 Å². The van der Waals surface area contributed by atoms with Gasteiger partial charge in [0.1, 0.15) is 23.1 Å². The number of aliphatic hydroxyl groups is 1. The van der Waals surface area contributed by atoms with E-state index in [0.29, 0.717) is 21.7 Å². The van der Waals surface area contributed by atoms with Crippen LogP contribution in [0, 0.1) is 5.82 Å². The number of Topliss-reactive ketones (excluding diaryl/α,β-unsaturated/α-hetero) is 1. The molecule has 1 N–H and O–H groups in total. The van der Waals surface area contributed by atoms with E-state index in [2.05, 4.69) is 15.9 Å². The highest BCUT2D eigenvalue weighted by Gasteiger charge is 2.47. The molecule has 0 spiro atoms. The molecule has 1 atom stereocenters. The fourth-order valence-corrected chi connectivity index (χ4v) is 4.34. The zero-order valence-corrected chi connectivity index (χ0v) is 19.3. The first-order valence-corrected chi connectivity index (χ1v) is 10.7. The van der Waals surface area contributed by atoms with Gasteiger partial charge in [0.05, 0.1) is 30.3 Å². The second kappa shape index (κ2) is 9.07. The van der Waals surface area contributed by atoms with Gasteiger partial charge >= 0.3 is 0 Å². The van der Waals surface area contributed by atoms with Crippen LogP contribution in [-0.4, -0.2) is 31.0 Å². The molecule has 1 heterocycles. The van der Waals surface area contributed by atoms with Crippen molar-refractivity contribution in [3.63, 3.8) is 0 Å². The lowest BCUT2D eigenvalue weighted by molar-refractivity contribution is -0.132. The number of carbonyl (C=O) groups excluding carboxylic acids is 2. The van der Waals surface area contributed by atoms with Crippen LogP contribution in [0.2, 0.25) is 0 Å². The molecule has 0 aromatic heterocycles. The molecule has 168 valence electrons. The van der Waals surface area contributed by atoms with Gasteiger partial charge in [-0.15, -0.1) is 0 Å². The SMILES string of the molecule is COc1ccc(N2C(=O)C(=O)/C(=C(/O)c3ccc(OC)c(Br)c3)C2c2ccccc2F)cc1. The van der Waals surface area contributed by atoms with Gasteiger partial charge < -0.3 is 14.6 Å². The van der Waals surface area contributed by atoms with E-state index >= 15 is 0 Å². The van der Waals surface area contributed by atoms with Crippen LogP contribution < -0.4 is 14.4 Å². The topological polar surface area (TPSA) is 76.1 Å². The zero-order valence-electron chi connectivity index (χ0n) is 17.7. The summed E-state index contributed by atoms with van der Waals surface area (Å²) in [6, 6.07) is 15.9. The number of ketones is 1. The number of carbonyl (C=O) groups is 2. The number of amides is 1. The summed E-state index contributed by atoms with van der Waals surface area (Å²) in [5, 5.41) is 11.1. The van der Waals surface area contributed by atoms with Gasteiger partial charge in [0.25, 0.3) is 11.7 Å². The molecule has 4 rings (SSSR count). The Hall–Kier alpha value is -3.65. The highest BCUT2D eigenvalue weighted by atomic mass is 79.9. The van der Waals surface area contributed by atoms with E-state index < -0.39 is 29.3 Å².